The molecule has 27 heavy (non-hydrogen) atoms. The van der Waals surface area contributed by atoms with Crippen LogP contribution >= 0.6 is 0 Å². The van der Waals surface area contributed by atoms with Crippen molar-refractivity contribution in [2.24, 2.45) is 5.92 Å². The van der Waals surface area contributed by atoms with Gasteiger partial charge in [-0.15, -0.1) is 0 Å². The standard InChI is InChI=1S/C23H29FN2O/c1-3-18-8-10-19(11-9-18)17(2)25-23(27)20-12-14-26(15-13-20)16-21-6-4-5-7-22(21)24/h4-11,17,20H,3,12-16H2,1-2H3,(H,25,27)/t17-/m0/s1. The second-order valence-electron chi connectivity index (χ2n) is 7.47. The largest absolute Gasteiger partial charge is 0.349 e. The van der Waals surface area contributed by atoms with Crippen molar-refractivity contribution >= 4 is 5.91 Å². The average Bonchev–Trinajstić information content (AvgIpc) is 2.70. The van der Waals surface area contributed by atoms with E-state index in [0.29, 0.717) is 6.54 Å². The highest BCUT2D eigenvalue weighted by atomic mass is 19.1. The van der Waals surface area contributed by atoms with Crippen molar-refractivity contribution in [3.63, 3.8) is 0 Å². The lowest BCUT2D eigenvalue weighted by molar-refractivity contribution is -0.127. The molecule has 3 nitrogen and oxygen atoms in total. The molecule has 0 radical (unpaired) electrons. The molecule has 0 aromatic heterocycles. The lowest BCUT2D eigenvalue weighted by Crippen LogP contribution is -2.41. The van der Waals surface area contributed by atoms with Crippen LogP contribution in [0.3, 0.4) is 0 Å². The van der Waals surface area contributed by atoms with Gasteiger partial charge in [0.15, 0.2) is 0 Å². The molecule has 1 N–H and O–H groups in total. The van der Waals surface area contributed by atoms with E-state index in [1.807, 2.05) is 19.1 Å². The van der Waals surface area contributed by atoms with Crippen LogP contribution < -0.4 is 5.32 Å². The molecule has 3 rings (SSSR count). The van der Waals surface area contributed by atoms with Crippen molar-refractivity contribution in [1.29, 1.82) is 0 Å². The quantitative estimate of drug-likeness (QED) is 0.815. The van der Waals surface area contributed by atoms with Gasteiger partial charge in [-0.3, -0.25) is 9.69 Å². The van der Waals surface area contributed by atoms with E-state index in [2.05, 4.69) is 41.4 Å². The van der Waals surface area contributed by atoms with Crippen LogP contribution in [0.1, 0.15) is 49.4 Å². The minimum absolute atomic E-state index is 0.0138. The number of rotatable bonds is 6. The Labute approximate surface area is 161 Å². The van der Waals surface area contributed by atoms with E-state index in [-0.39, 0.29) is 23.7 Å². The molecule has 0 bridgehead atoms. The minimum Gasteiger partial charge on any atom is -0.349 e. The zero-order chi connectivity index (χ0) is 19.2. The maximum absolute atomic E-state index is 13.8. The molecule has 144 valence electrons. The number of nitrogens with one attached hydrogen (secondary N) is 1. The fraction of sp³-hybridized carbons (Fsp3) is 0.435. The summed E-state index contributed by atoms with van der Waals surface area (Å²) < 4.78 is 13.8. The molecule has 1 aliphatic heterocycles. The predicted molar refractivity (Wildman–Crippen MR) is 107 cm³/mol. The van der Waals surface area contributed by atoms with Crippen molar-refractivity contribution in [1.82, 2.24) is 10.2 Å². The van der Waals surface area contributed by atoms with Crippen LogP contribution in [0.4, 0.5) is 4.39 Å². The van der Waals surface area contributed by atoms with E-state index < -0.39 is 0 Å². The minimum atomic E-state index is -0.153. The number of halogens is 1. The molecule has 1 fully saturated rings. The predicted octanol–water partition coefficient (Wildman–Crippen LogP) is 4.48. The summed E-state index contributed by atoms with van der Waals surface area (Å²) in [7, 11) is 0. The second-order valence-corrected chi connectivity index (χ2v) is 7.47. The van der Waals surface area contributed by atoms with Gasteiger partial charge in [-0.2, -0.15) is 0 Å². The number of aryl methyl sites for hydroxylation is 1. The normalized spacial score (nSPS) is 16.9. The van der Waals surface area contributed by atoms with Crippen LogP contribution in [0, 0.1) is 11.7 Å². The van der Waals surface area contributed by atoms with Gasteiger partial charge < -0.3 is 5.32 Å². The summed E-state index contributed by atoms with van der Waals surface area (Å²) in [6, 6.07) is 15.4. The Bertz CT molecular complexity index is 751. The molecular formula is C23H29FN2O. The lowest BCUT2D eigenvalue weighted by Gasteiger charge is -2.32. The number of hydrogen-bond donors (Lipinski definition) is 1. The number of carbonyl (C=O) groups excluding carboxylic acids is 1. The molecule has 0 aliphatic carbocycles. The van der Waals surface area contributed by atoms with Crippen molar-refractivity contribution in [2.45, 2.75) is 45.7 Å². The molecule has 1 saturated heterocycles. The van der Waals surface area contributed by atoms with E-state index in [0.717, 1.165) is 43.5 Å². The fourth-order valence-electron chi connectivity index (χ4n) is 3.68. The highest BCUT2D eigenvalue weighted by Gasteiger charge is 2.26. The van der Waals surface area contributed by atoms with Crippen molar-refractivity contribution in [2.75, 3.05) is 13.1 Å². The second kappa shape index (κ2) is 9.14. The van der Waals surface area contributed by atoms with Gasteiger partial charge in [0.1, 0.15) is 5.82 Å². The first-order valence-electron chi connectivity index (χ1n) is 9.91. The number of benzene rings is 2. The van der Waals surface area contributed by atoms with Crippen LogP contribution in [-0.4, -0.2) is 23.9 Å². The Morgan fingerprint density at radius 3 is 2.44 bits per heavy atom. The van der Waals surface area contributed by atoms with Gasteiger partial charge in [0.2, 0.25) is 5.91 Å². The van der Waals surface area contributed by atoms with Gasteiger partial charge in [0, 0.05) is 18.0 Å². The van der Waals surface area contributed by atoms with Crippen molar-refractivity contribution in [3.8, 4) is 0 Å². The molecule has 1 amide bonds. The molecule has 1 atom stereocenters. The van der Waals surface area contributed by atoms with Gasteiger partial charge in [0.25, 0.3) is 0 Å². The molecule has 2 aromatic carbocycles. The van der Waals surface area contributed by atoms with Crippen molar-refractivity contribution in [3.05, 3.63) is 71.0 Å². The number of nitrogens with zero attached hydrogens (tertiary/aromatic N) is 1. The molecule has 0 spiro atoms. The van der Waals surface area contributed by atoms with Crippen LogP contribution in [0.15, 0.2) is 48.5 Å². The van der Waals surface area contributed by atoms with Crippen LogP contribution in [-0.2, 0) is 17.8 Å². The molecule has 2 aromatic rings. The molecule has 0 saturated carbocycles. The van der Waals surface area contributed by atoms with Gasteiger partial charge in [0.05, 0.1) is 6.04 Å². The van der Waals surface area contributed by atoms with Gasteiger partial charge >= 0.3 is 0 Å². The van der Waals surface area contributed by atoms with Gasteiger partial charge in [-0.25, -0.2) is 4.39 Å². The topological polar surface area (TPSA) is 32.3 Å². The summed E-state index contributed by atoms with van der Waals surface area (Å²) >= 11 is 0. The number of amides is 1. The van der Waals surface area contributed by atoms with E-state index >= 15 is 0 Å². The fourth-order valence-corrected chi connectivity index (χ4v) is 3.68. The summed E-state index contributed by atoms with van der Waals surface area (Å²) in [6.07, 6.45) is 2.66. The summed E-state index contributed by atoms with van der Waals surface area (Å²) in [5.74, 6) is 0.0205. The Balaban J connectivity index is 1.48. The van der Waals surface area contributed by atoms with Gasteiger partial charge in [-0.05, 0) is 56.5 Å². The third-order valence-electron chi connectivity index (χ3n) is 5.56. The summed E-state index contributed by atoms with van der Waals surface area (Å²) in [4.78, 5) is 14.9. The Kier molecular flexibility index (Phi) is 6.62. The smallest absolute Gasteiger partial charge is 0.223 e. The van der Waals surface area contributed by atoms with E-state index in [1.165, 1.54) is 11.6 Å². The number of piperidine rings is 1. The third-order valence-corrected chi connectivity index (χ3v) is 5.56. The maximum Gasteiger partial charge on any atom is 0.223 e. The first-order valence-corrected chi connectivity index (χ1v) is 9.91. The van der Waals surface area contributed by atoms with Crippen LogP contribution in [0.2, 0.25) is 0 Å². The summed E-state index contributed by atoms with van der Waals surface area (Å²) in [5, 5.41) is 3.16. The highest BCUT2D eigenvalue weighted by molar-refractivity contribution is 5.79. The number of carbonyl (C=O) groups is 1. The molecule has 1 heterocycles. The van der Waals surface area contributed by atoms with E-state index in [9.17, 15) is 9.18 Å². The third kappa shape index (κ3) is 5.16. The lowest BCUT2D eigenvalue weighted by atomic mass is 9.94. The van der Waals surface area contributed by atoms with Crippen LogP contribution in [0.5, 0.6) is 0 Å². The molecule has 1 aliphatic rings. The zero-order valence-electron chi connectivity index (χ0n) is 16.2. The Morgan fingerprint density at radius 2 is 1.81 bits per heavy atom. The molecule has 0 unspecified atom stereocenters. The van der Waals surface area contributed by atoms with Gasteiger partial charge in [-0.1, -0.05) is 49.4 Å². The summed E-state index contributed by atoms with van der Waals surface area (Å²) in [6.45, 7) is 6.43. The van der Waals surface area contributed by atoms with Crippen molar-refractivity contribution < 1.29 is 9.18 Å². The van der Waals surface area contributed by atoms with Crippen LogP contribution in [0.25, 0.3) is 0 Å². The number of hydrogen-bond acceptors (Lipinski definition) is 2. The molecular weight excluding hydrogens is 339 g/mol. The Hall–Kier alpha value is -2.20. The van der Waals surface area contributed by atoms with E-state index in [1.54, 1.807) is 6.07 Å². The average molecular weight is 368 g/mol. The highest BCUT2D eigenvalue weighted by Crippen LogP contribution is 2.22. The summed E-state index contributed by atoms with van der Waals surface area (Å²) in [5.41, 5.74) is 3.17. The first kappa shape index (κ1) is 19.6. The Morgan fingerprint density at radius 1 is 1.15 bits per heavy atom. The van der Waals surface area contributed by atoms with E-state index in [4.69, 9.17) is 0 Å². The maximum atomic E-state index is 13.8. The number of likely N-dealkylation sites (tertiary alicyclic amines) is 1. The first-order chi connectivity index (χ1) is 13.1. The molecule has 4 heteroatoms. The SMILES string of the molecule is CCc1ccc([C@H](C)NC(=O)C2CCN(Cc3ccccc3F)CC2)cc1. The zero-order valence-corrected chi connectivity index (χ0v) is 16.2. The monoisotopic (exact) mass is 368 g/mol.